The Hall–Kier alpha value is -1.62. The largest absolute Gasteiger partial charge is 0.393 e. The molecule has 5 nitrogen and oxygen atoms in total. The second kappa shape index (κ2) is 4.49. The number of nitrogens with one attached hydrogen (secondary N) is 2. The van der Waals surface area contributed by atoms with Crippen LogP contribution in [-0.4, -0.2) is 28.6 Å². The molecule has 1 aromatic heterocycles. The molecule has 2 rings (SSSR count). The van der Waals surface area contributed by atoms with Crippen LogP contribution in [0.3, 0.4) is 0 Å². The van der Waals surface area contributed by atoms with Gasteiger partial charge in [-0.25, -0.2) is 0 Å². The summed E-state index contributed by atoms with van der Waals surface area (Å²) in [6.07, 6.45) is 2.73. The van der Waals surface area contributed by atoms with E-state index in [2.05, 4.69) is 10.3 Å². The van der Waals surface area contributed by atoms with Crippen molar-refractivity contribution in [3.8, 4) is 0 Å². The number of aromatic nitrogens is 1. The minimum atomic E-state index is -0.285. The molecule has 0 aliphatic heterocycles. The van der Waals surface area contributed by atoms with Gasteiger partial charge in [0, 0.05) is 24.4 Å². The summed E-state index contributed by atoms with van der Waals surface area (Å²) in [7, 11) is 0. The number of aliphatic hydroxyl groups is 1. The summed E-state index contributed by atoms with van der Waals surface area (Å²) in [6, 6.07) is 2.83. The van der Waals surface area contributed by atoms with Crippen LogP contribution in [0.25, 0.3) is 0 Å². The van der Waals surface area contributed by atoms with Crippen molar-refractivity contribution < 1.29 is 9.90 Å². The number of hydrogen-bond acceptors (Lipinski definition) is 3. The lowest BCUT2D eigenvalue weighted by atomic mass is 9.82. The van der Waals surface area contributed by atoms with Crippen molar-refractivity contribution in [3.63, 3.8) is 0 Å². The van der Waals surface area contributed by atoms with Gasteiger partial charge in [-0.3, -0.25) is 9.59 Å². The van der Waals surface area contributed by atoms with Crippen molar-refractivity contribution in [2.45, 2.75) is 18.9 Å². The summed E-state index contributed by atoms with van der Waals surface area (Å²) in [5.74, 6) is 0.119. The maximum atomic E-state index is 11.6. The molecule has 16 heavy (non-hydrogen) atoms. The zero-order chi connectivity index (χ0) is 11.5. The number of pyridine rings is 1. The molecule has 0 spiro atoms. The zero-order valence-electron chi connectivity index (χ0n) is 8.77. The lowest BCUT2D eigenvalue weighted by molar-refractivity contribution is 0.0420. The van der Waals surface area contributed by atoms with Crippen LogP contribution in [0.4, 0.5) is 0 Å². The normalized spacial score (nSPS) is 23.6. The molecule has 5 heteroatoms. The fourth-order valence-electron chi connectivity index (χ4n) is 1.79. The molecule has 0 atom stereocenters. The van der Waals surface area contributed by atoms with Gasteiger partial charge in [0.15, 0.2) is 0 Å². The average molecular weight is 222 g/mol. The van der Waals surface area contributed by atoms with Gasteiger partial charge in [0.2, 0.25) is 5.56 Å². The van der Waals surface area contributed by atoms with E-state index in [9.17, 15) is 9.59 Å². The molecule has 1 aromatic rings. The average Bonchev–Trinajstić information content (AvgIpc) is 2.22. The van der Waals surface area contributed by atoms with Crippen LogP contribution in [-0.2, 0) is 0 Å². The Morgan fingerprint density at radius 2 is 2.31 bits per heavy atom. The van der Waals surface area contributed by atoms with Gasteiger partial charge in [-0.15, -0.1) is 0 Å². The van der Waals surface area contributed by atoms with Gasteiger partial charge in [0.1, 0.15) is 0 Å². The van der Waals surface area contributed by atoms with E-state index in [-0.39, 0.29) is 17.6 Å². The minimum Gasteiger partial charge on any atom is -0.393 e. The number of amides is 1. The van der Waals surface area contributed by atoms with E-state index < -0.39 is 0 Å². The highest BCUT2D eigenvalue weighted by molar-refractivity contribution is 5.93. The van der Waals surface area contributed by atoms with Gasteiger partial charge in [-0.05, 0) is 24.8 Å². The summed E-state index contributed by atoms with van der Waals surface area (Å²) in [5, 5.41) is 11.8. The van der Waals surface area contributed by atoms with E-state index in [0.717, 1.165) is 12.8 Å². The number of aliphatic hydroxyl groups excluding tert-OH is 1. The summed E-state index contributed by atoms with van der Waals surface area (Å²) in [6.45, 7) is 0.558. The van der Waals surface area contributed by atoms with Crippen molar-refractivity contribution >= 4 is 5.91 Å². The predicted molar refractivity (Wildman–Crippen MR) is 58.1 cm³/mol. The Balaban J connectivity index is 1.86. The third kappa shape index (κ3) is 2.49. The number of carbonyl (C=O) groups is 1. The van der Waals surface area contributed by atoms with E-state index in [0.29, 0.717) is 18.0 Å². The summed E-state index contributed by atoms with van der Waals surface area (Å²) in [5.41, 5.74) is 0.0790. The molecular formula is C11H14N2O3. The van der Waals surface area contributed by atoms with Crippen LogP contribution in [0.2, 0.25) is 0 Å². The van der Waals surface area contributed by atoms with E-state index in [1.54, 1.807) is 6.07 Å². The minimum absolute atomic E-state index is 0.207. The fourth-order valence-corrected chi connectivity index (χ4v) is 1.79. The summed E-state index contributed by atoms with van der Waals surface area (Å²) in [4.78, 5) is 25.0. The van der Waals surface area contributed by atoms with Crippen LogP contribution in [0.1, 0.15) is 23.2 Å². The number of aromatic amines is 1. The molecular weight excluding hydrogens is 208 g/mol. The van der Waals surface area contributed by atoms with Gasteiger partial charge >= 0.3 is 0 Å². The van der Waals surface area contributed by atoms with Crippen molar-refractivity contribution in [2.24, 2.45) is 5.92 Å². The Kier molecular flexibility index (Phi) is 3.05. The number of carbonyl (C=O) groups excluding carboxylic acids is 1. The number of hydrogen-bond donors (Lipinski definition) is 3. The third-order valence-corrected chi connectivity index (χ3v) is 2.80. The van der Waals surface area contributed by atoms with Crippen LogP contribution >= 0.6 is 0 Å². The Labute approximate surface area is 92.5 Å². The zero-order valence-corrected chi connectivity index (χ0v) is 8.77. The Bertz CT molecular complexity index is 435. The van der Waals surface area contributed by atoms with Crippen LogP contribution in [0.15, 0.2) is 23.1 Å². The van der Waals surface area contributed by atoms with Gasteiger partial charge in [-0.1, -0.05) is 0 Å². The van der Waals surface area contributed by atoms with E-state index in [1.165, 1.54) is 12.3 Å². The first-order valence-corrected chi connectivity index (χ1v) is 5.30. The smallest absolute Gasteiger partial charge is 0.251 e. The maximum Gasteiger partial charge on any atom is 0.251 e. The van der Waals surface area contributed by atoms with Gasteiger partial charge in [0.05, 0.1) is 6.10 Å². The second-order valence-corrected chi connectivity index (χ2v) is 4.14. The first kappa shape index (κ1) is 10.9. The molecule has 0 saturated heterocycles. The summed E-state index contributed by atoms with van der Waals surface area (Å²) >= 11 is 0. The molecule has 1 heterocycles. The molecule has 0 aromatic carbocycles. The molecule has 1 fully saturated rings. The molecule has 1 amide bonds. The third-order valence-electron chi connectivity index (χ3n) is 2.80. The monoisotopic (exact) mass is 222 g/mol. The quantitative estimate of drug-likeness (QED) is 0.666. The van der Waals surface area contributed by atoms with Gasteiger partial charge in [0.25, 0.3) is 5.91 Å². The number of rotatable bonds is 3. The van der Waals surface area contributed by atoms with Crippen molar-refractivity contribution in [3.05, 3.63) is 34.2 Å². The highest BCUT2D eigenvalue weighted by atomic mass is 16.3. The standard InChI is InChI=1S/C11H14N2O3/c14-9-3-7(4-9)6-13-11(16)8-1-2-12-10(15)5-8/h1-2,5,7,9,14H,3-4,6H2,(H,12,15)(H,13,16). The molecule has 0 radical (unpaired) electrons. The van der Waals surface area contributed by atoms with Crippen molar-refractivity contribution in [2.75, 3.05) is 6.54 Å². The SMILES string of the molecule is O=C(NCC1CC(O)C1)c1cc[nH]c(=O)c1. The molecule has 1 aliphatic carbocycles. The predicted octanol–water partition coefficient (Wildman–Crippen LogP) is -0.124. The topological polar surface area (TPSA) is 82.2 Å². The first-order chi connectivity index (χ1) is 7.65. The second-order valence-electron chi connectivity index (χ2n) is 4.14. The van der Waals surface area contributed by atoms with Gasteiger partial charge < -0.3 is 15.4 Å². The van der Waals surface area contributed by atoms with E-state index >= 15 is 0 Å². The van der Waals surface area contributed by atoms with Gasteiger partial charge in [-0.2, -0.15) is 0 Å². The molecule has 86 valence electrons. The Morgan fingerprint density at radius 1 is 1.56 bits per heavy atom. The summed E-state index contributed by atoms with van der Waals surface area (Å²) < 4.78 is 0. The lowest BCUT2D eigenvalue weighted by Crippen LogP contribution is -2.38. The molecule has 1 saturated carbocycles. The van der Waals surface area contributed by atoms with E-state index in [4.69, 9.17) is 5.11 Å². The molecule has 0 bridgehead atoms. The van der Waals surface area contributed by atoms with Crippen LogP contribution < -0.4 is 10.9 Å². The molecule has 3 N–H and O–H groups in total. The molecule has 0 unspecified atom stereocenters. The maximum absolute atomic E-state index is 11.6. The Morgan fingerprint density at radius 3 is 2.94 bits per heavy atom. The van der Waals surface area contributed by atoms with E-state index in [1.807, 2.05) is 0 Å². The van der Waals surface area contributed by atoms with Crippen molar-refractivity contribution in [1.29, 1.82) is 0 Å². The van der Waals surface area contributed by atoms with Crippen molar-refractivity contribution in [1.82, 2.24) is 10.3 Å². The van der Waals surface area contributed by atoms with Crippen LogP contribution in [0, 0.1) is 5.92 Å². The highest BCUT2D eigenvalue weighted by Crippen LogP contribution is 2.26. The highest BCUT2D eigenvalue weighted by Gasteiger charge is 2.27. The molecule has 1 aliphatic rings. The fraction of sp³-hybridized carbons (Fsp3) is 0.455. The first-order valence-electron chi connectivity index (χ1n) is 5.30. The lowest BCUT2D eigenvalue weighted by Gasteiger charge is -2.31. The number of H-pyrrole nitrogens is 1. The van der Waals surface area contributed by atoms with Crippen LogP contribution in [0.5, 0.6) is 0 Å².